The van der Waals surface area contributed by atoms with Crippen LogP contribution in [0.3, 0.4) is 0 Å². The molecule has 0 saturated carbocycles. The van der Waals surface area contributed by atoms with Crippen LogP contribution in [0.5, 0.6) is 0 Å². The van der Waals surface area contributed by atoms with Gasteiger partial charge in [-0.05, 0) is 24.7 Å². The number of carboxylic acid groups (broad SMARTS) is 1. The normalized spacial score (nSPS) is 20.7. The topological polar surface area (TPSA) is 66.8 Å². The summed E-state index contributed by atoms with van der Waals surface area (Å²) in [5.74, 6) is 1.17. The fraction of sp³-hybridized carbons (Fsp3) is 0.857. The molecule has 5 nitrogen and oxygen atoms in total. The molecule has 116 valence electrons. The van der Waals surface area contributed by atoms with E-state index in [0.29, 0.717) is 24.8 Å². The highest BCUT2D eigenvalue weighted by atomic mass is 32.2. The molecule has 1 fully saturated rings. The number of nitrogens with zero attached hydrogens (tertiary/aromatic N) is 1. The minimum atomic E-state index is -0.754. The highest BCUT2D eigenvalue weighted by Crippen LogP contribution is 2.26. The van der Waals surface area contributed by atoms with E-state index in [0.717, 1.165) is 25.1 Å². The first-order valence-electron chi connectivity index (χ1n) is 7.10. The number of aliphatic carboxylic acids is 1. The number of carboxylic acids is 1. The molecule has 6 heteroatoms. The van der Waals surface area contributed by atoms with Crippen molar-refractivity contribution in [3.63, 3.8) is 0 Å². The van der Waals surface area contributed by atoms with Crippen LogP contribution in [0.2, 0.25) is 0 Å². The molecule has 1 heterocycles. The van der Waals surface area contributed by atoms with Crippen molar-refractivity contribution in [3.05, 3.63) is 0 Å². The Kier molecular flexibility index (Phi) is 7.99. The van der Waals surface area contributed by atoms with E-state index in [4.69, 9.17) is 9.84 Å². The lowest BCUT2D eigenvalue weighted by Crippen LogP contribution is -2.42. The van der Waals surface area contributed by atoms with E-state index in [2.05, 4.69) is 0 Å². The molecule has 0 aromatic heterocycles. The second-order valence-electron chi connectivity index (χ2n) is 5.36. The maximum absolute atomic E-state index is 12.1. The first-order chi connectivity index (χ1) is 9.54. The Morgan fingerprint density at radius 3 is 2.90 bits per heavy atom. The number of rotatable bonds is 8. The van der Waals surface area contributed by atoms with Crippen LogP contribution in [-0.4, -0.2) is 60.2 Å². The van der Waals surface area contributed by atoms with Crippen molar-refractivity contribution in [2.45, 2.75) is 26.2 Å². The van der Waals surface area contributed by atoms with Gasteiger partial charge < -0.3 is 14.7 Å². The van der Waals surface area contributed by atoms with Crippen LogP contribution in [0, 0.1) is 11.8 Å². The van der Waals surface area contributed by atoms with Gasteiger partial charge in [-0.1, -0.05) is 6.92 Å². The minimum Gasteiger partial charge on any atom is -0.481 e. The van der Waals surface area contributed by atoms with Gasteiger partial charge in [0.05, 0.1) is 12.4 Å². The van der Waals surface area contributed by atoms with Crippen molar-refractivity contribution >= 4 is 23.6 Å². The van der Waals surface area contributed by atoms with Gasteiger partial charge in [-0.15, -0.1) is 11.8 Å². The molecule has 20 heavy (non-hydrogen) atoms. The molecule has 1 amide bonds. The molecule has 1 rings (SSSR count). The summed E-state index contributed by atoms with van der Waals surface area (Å²) >= 11 is 1.59. The highest BCUT2D eigenvalue weighted by Gasteiger charge is 2.28. The fourth-order valence-corrected chi connectivity index (χ4v) is 3.32. The summed E-state index contributed by atoms with van der Waals surface area (Å²) in [7, 11) is 1.65. The summed E-state index contributed by atoms with van der Waals surface area (Å²) in [6.07, 6.45) is 2.19. The number of piperidine rings is 1. The molecule has 1 aliphatic heterocycles. The predicted octanol–water partition coefficient (Wildman–Crippen LogP) is 1.72. The lowest BCUT2D eigenvalue weighted by Gasteiger charge is -2.35. The van der Waals surface area contributed by atoms with Gasteiger partial charge in [0.15, 0.2) is 0 Å². The molecule has 1 N–H and O–H groups in total. The van der Waals surface area contributed by atoms with E-state index >= 15 is 0 Å². The van der Waals surface area contributed by atoms with E-state index in [1.807, 2.05) is 11.8 Å². The monoisotopic (exact) mass is 303 g/mol. The molecule has 0 radical (unpaired) electrons. The largest absolute Gasteiger partial charge is 0.481 e. The van der Waals surface area contributed by atoms with Gasteiger partial charge in [0.1, 0.15) is 0 Å². The zero-order valence-electron chi connectivity index (χ0n) is 12.3. The number of methoxy groups -OCH3 is 1. The van der Waals surface area contributed by atoms with Crippen molar-refractivity contribution in [2.75, 3.05) is 38.3 Å². The number of hydrogen-bond acceptors (Lipinski definition) is 4. The van der Waals surface area contributed by atoms with Gasteiger partial charge in [-0.3, -0.25) is 9.59 Å². The molecule has 1 saturated heterocycles. The summed E-state index contributed by atoms with van der Waals surface area (Å²) in [4.78, 5) is 24.8. The summed E-state index contributed by atoms with van der Waals surface area (Å²) in [5, 5.41) is 8.86. The van der Waals surface area contributed by atoms with Crippen molar-refractivity contribution < 1.29 is 19.4 Å². The van der Waals surface area contributed by atoms with Gasteiger partial charge >= 0.3 is 5.97 Å². The molecular weight excluding hydrogens is 278 g/mol. The molecule has 0 aromatic carbocycles. The molecule has 0 bridgehead atoms. The number of carbonyl (C=O) groups excluding carboxylic acids is 1. The van der Waals surface area contributed by atoms with Crippen LogP contribution >= 0.6 is 11.8 Å². The average Bonchev–Trinajstić information content (AvgIpc) is 2.43. The van der Waals surface area contributed by atoms with Crippen molar-refractivity contribution in [3.8, 4) is 0 Å². The summed E-state index contributed by atoms with van der Waals surface area (Å²) < 4.78 is 4.95. The van der Waals surface area contributed by atoms with E-state index in [9.17, 15) is 9.59 Å². The molecule has 0 aliphatic carbocycles. The van der Waals surface area contributed by atoms with E-state index in [1.54, 1.807) is 18.9 Å². The van der Waals surface area contributed by atoms with Gasteiger partial charge in [0, 0.05) is 32.4 Å². The first-order valence-corrected chi connectivity index (χ1v) is 8.26. The van der Waals surface area contributed by atoms with E-state index < -0.39 is 5.97 Å². The van der Waals surface area contributed by atoms with Crippen molar-refractivity contribution in [1.82, 2.24) is 4.90 Å². The number of amides is 1. The molecule has 1 aliphatic rings. The molecule has 0 aromatic rings. The zero-order valence-corrected chi connectivity index (χ0v) is 13.2. The second-order valence-corrected chi connectivity index (χ2v) is 6.47. The van der Waals surface area contributed by atoms with E-state index in [-0.39, 0.29) is 18.2 Å². The van der Waals surface area contributed by atoms with Crippen LogP contribution in [0.4, 0.5) is 0 Å². The molecule has 2 atom stereocenters. The van der Waals surface area contributed by atoms with Crippen LogP contribution < -0.4 is 0 Å². The van der Waals surface area contributed by atoms with Crippen LogP contribution in [0.25, 0.3) is 0 Å². The predicted molar refractivity (Wildman–Crippen MR) is 79.9 cm³/mol. The van der Waals surface area contributed by atoms with Gasteiger partial charge in [0.25, 0.3) is 0 Å². The summed E-state index contributed by atoms with van der Waals surface area (Å²) in [6.45, 7) is 4.15. The fourth-order valence-electron chi connectivity index (χ4n) is 2.54. The minimum absolute atomic E-state index is 0.129. The Bertz CT molecular complexity index is 324. The smallest absolute Gasteiger partial charge is 0.303 e. The van der Waals surface area contributed by atoms with Crippen LogP contribution in [-0.2, 0) is 14.3 Å². The van der Waals surface area contributed by atoms with Crippen molar-refractivity contribution in [2.24, 2.45) is 11.8 Å². The lowest BCUT2D eigenvalue weighted by molar-refractivity contribution is -0.138. The molecule has 0 spiro atoms. The number of likely N-dealkylation sites (tertiary alicyclic amines) is 1. The van der Waals surface area contributed by atoms with Gasteiger partial charge in [-0.25, -0.2) is 0 Å². The standard InChI is InChI=1S/C14H25NO4S/c1-11(8-14(17)18)12-4-3-5-15(9-12)13(16)10-20-7-6-19-2/h11-12H,3-10H2,1-2H3,(H,17,18). The molecular formula is C14H25NO4S. The zero-order chi connectivity index (χ0) is 15.0. The maximum atomic E-state index is 12.1. The number of carbonyl (C=O) groups is 2. The Balaban J connectivity index is 2.35. The third-order valence-electron chi connectivity index (χ3n) is 3.77. The van der Waals surface area contributed by atoms with Crippen molar-refractivity contribution in [1.29, 1.82) is 0 Å². The highest BCUT2D eigenvalue weighted by molar-refractivity contribution is 7.99. The van der Waals surface area contributed by atoms with Crippen LogP contribution in [0.15, 0.2) is 0 Å². The average molecular weight is 303 g/mol. The van der Waals surface area contributed by atoms with E-state index in [1.165, 1.54) is 0 Å². The second kappa shape index (κ2) is 9.23. The Hall–Kier alpha value is -0.750. The SMILES string of the molecule is COCCSCC(=O)N1CCCC(C(C)CC(=O)O)C1. The third kappa shape index (κ3) is 6.13. The summed E-state index contributed by atoms with van der Waals surface area (Å²) in [5.41, 5.74) is 0. The van der Waals surface area contributed by atoms with Gasteiger partial charge in [0.2, 0.25) is 5.91 Å². The summed E-state index contributed by atoms with van der Waals surface area (Å²) in [6, 6.07) is 0. The number of hydrogen-bond donors (Lipinski definition) is 1. The van der Waals surface area contributed by atoms with Crippen LogP contribution in [0.1, 0.15) is 26.2 Å². The molecule has 2 unspecified atom stereocenters. The number of ether oxygens (including phenoxy) is 1. The maximum Gasteiger partial charge on any atom is 0.303 e. The Morgan fingerprint density at radius 2 is 2.25 bits per heavy atom. The lowest BCUT2D eigenvalue weighted by atomic mass is 9.84. The third-order valence-corrected chi connectivity index (χ3v) is 4.68. The van der Waals surface area contributed by atoms with Gasteiger partial charge in [-0.2, -0.15) is 0 Å². The number of thioether (sulfide) groups is 1. The Labute approximate surface area is 125 Å². The first kappa shape index (κ1) is 17.3. The quantitative estimate of drug-likeness (QED) is 0.692. The Morgan fingerprint density at radius 1 is 1.50 bits per heavy atom.